The van der Waals surface area contributed by atoms with Crippen molar-refractivity contribution in [2.24, 2.45) is 0 Å². The molecule has 158 valence electrons. The van der Waals surface area contributed by atoms with Gasteiger partial charge in [-0.3, -0.25) is 0 Å². The molecule has 0 aliphatic carbocycles. The van der Waals surface area contributed by atoms with E-state index in [2.05, 4.69) is 15.4 Å². The van der Waals surface area contributed by atoms with Crippen LogP contribution in [0, 0.1) is 0 Å². The molecule has 5 nitrogen and oxygen atoms in total. The standard InChI is InChI=1S/C24H15Cl3N4O/c25-14-7-5-13(6-8-14)22-20-21(30-24-28-12-29-31(22)24)17-3-1-2-4-19(17)32-23(20)16-10-9-15(26)11-18(16)27/h1-12,22-23H,(H,28,29,30)/t22-,23+/m0/s1. The van der Waals surface area contributed by atoms with Crippen molar-refractivity contribution in [2.45, 2.75) is 12.1 Å². The predicted octanol–water partition coefficient (Wildman–Crippen LogP) is 6.80. The van der Waals surface area contributed by atoms with E-state index < -0.39 is 6.10 Å². The SMILES string of the molecule is Clc1ccc([C@H]2C3=C(Nc4ncnn42)c2ccccc2O[C@@H]3c2ccc(Cl)cc2Cl)cc1. The molecular formula is C24H15Cl3N4O. The third-order valence-electron chi connectivity index (χ3n) is 5.75. The Labute approximate surface area is 199 Å². The average Bonchev–Trinajstić information content (AvgIpc) is 3.26. The molecule has 0 saturated carbocycles. The first-order valence-electron chi connectivity index (χ1n) is 9.97. The molecule has 2 aliphatic heterocycles. The lowest BCUT2D eigenvalue weighted by molar-refractivity contribution is 0.223. The summed E-state index contributed by atoms with van der Waals surface area (Å²) in [5, 5.41) is 9.75. The van der Waals surface area contributed by atoms with Crippen LogP contribution in [0.3, 0.4) is 0 Å². The van der Waals surface area contributed by atoms with E-state index in [1.165, 1.54) is 0 Å². The van der Waals surface area contributed by atoms with Gasteiger partial charge in [-0.1, -0.05) is 65.1 Å². The van der Waals surface area contributed by atoms with Gasteiger partial charge in [0, 0.05) is 31.8 Å². The van der Waals surface area contributed by atoms with Crippen LogP contribution < -0.4 is 10.1 Å². The molecule has 0 bridgehead atoms. The van der Waals surface area contributed by atoms with Crippen molar-refractivity contribution in [2.75, 3.05) is 5.32 Å². The van der Waals surface area contributed by atoms with Crippen LogP contribution in [-0.4, -0.2) is 14.8 Å². The van der Waals surface area contributed by atoms with Crippen LogP contribution in [0.5, 0.6) is 5.75 Å². The third-order valence-corrected chi connectivity index (χ3v) is 6.57. The first-order chi connectivity index (χ1) is 15.6. The Bertz CT molecular complexity index is 1380. The number of nitrogens with one attached hydrogen (secondary N) is 1. The second-order valence-electron chi connectivity index (χ2n) is 7.60. The third kappa shape index (κ3) is 3.08. The number of para-hydroxylation sites is 1. The van der Waals surface area contributed by atoms with E-state index in [1.54, 1.807) is 12.4 Å². The topological polar surface area (TPSA) is 52.0 Å². The molecule has 6 rings (SSSR count). The lowest BCUT2D eigenvalue weighted by atomic mass is 9.84. The van der Waals surface area contributed by atoms with Crippen molar-refractivity contribution in [3.8, 4) is 5.75 Å². The van der Waals surface area contributed by atoms with Crippen LogP contribution in [0.4, 0.5) is 5.95 Å². The van der Waals surface area contributed by atoms with E-state index in [4.69, 9.17) is 39.5 Å². The number of hydrogen-bond acceptors (Lipinski definition) is 4. The summed E-state index contributed by atoms with van der Waals surface area (Å²) in [6.07, 6.45) is 1.08. The van der Waals surface area contributed by atoms with Crippen molar-refractivity contribution >= 4 is 46.4 Å². The number of fused-ring (bicyclic) bond motifs is 3. The monoisotopic (exact) mass is 480 g/mol. The number of anilines is 1. The molecule has 0 unspecified atom stereocenters. The Kier molecular flexibility index (Phi) is 4.65. The molecule has 32 heavy (non-hydrogen) atoms. The van der Waals surface area contributed by atoms with Crippen LogP contribution in [-0.2, 0) is 0 Å². The number of halogens is 3. The zero-order chi connectivity index (χ0) is 21.8. The summed E-state index contributed by atoms with van der Waals surface area (Å²) >= 11 is 19.0. The Morgan fingerprint density at radius 1 is 0.906 bits per heavy atom. The van der Waals surface area contributed by atoms with Crippen molar-refractivity contribution in [3.05, 3.63) is 110 Å². The average molecular weight is 482 g/mol. The lowest BCUT2D eigenvalue weighted by Gasteiger charge is -2.39. The fourth-order valence-electron chi connectivity index (χ4n) is 4.36. The molecule has 1 aromatic heterocycles. The highest BCUT2D eigenvalue weighted by molar-refractivity contribution is 6.35. The molecule has 8 heteroatoms. The minimum Gasteiger partial charge on any atom is -0.480 e. The largest absolute Gasteiger partial charge is 0.480 e. The van der Waals surface area contributed by atoms with Crippen molar-refractivity contribution in [3.63, 3.8) is 0 Å². The van der Waals surface area contributed by atoms with E-state index in [0.717, 1.165) is 33.7 Å². The van der Waals surface area contributed by atoms with Crippen LogP contribution in [0.25, 0.3) is 5.70 Å². The van der Waals surface area contributed by atoms with Crippen molar-refractivity contribution in [1.82, 2.24) is 14.8 Å². The molecule has 3 heterocycles. The minimum atomic E-state index is -0.463. The first kappa shape index (κ1) is 19.7. The summed E-state index contributed by atoms with van der Waals surface area (Å²) in [4.78, 5) is 4.44. The molecule has 4 aromatic rings. The Morgan fingerprint density at radius 3 is 2.50 bits per heavy atom. The van der Waals surface area contributed by atoms with Gasteiger partial charge in [0.15, 0.2) is 6.10 Å². The molecule has 0 radical (unpaired) electrons. The van der Waals surface area contributed by atoms with Gasteiger partial charge in [-0.2, -0.15) is 10.1 Å². The molecule has 0 spiro atoms. The summed E-state index contributed by atoms with van der Waals surface area (Å²) in [6, 6.07) is 20.8. The first-order valence-corrected chi connectivity index (χ1v) is 11.1. The molecule has 2 atom stereocenters. The fraction of sp³-hybridized carbons (Fsp3) is 0.0833. The summed E-state index contributed by atoms with van der Waals surface area (Å²) in [5.41, 5.74) is 4.70. The fourth-order valence-corrected chi connectivity index (χ4v) is 4.99. The maximum atomic E-state index is 6.66. The van der Waals surface area contributed by atoms with E-state index in [1.807, 2.05) is 65.3 Å². The second kappa shape index (κ2) is 7.55. The van der Waals surface area contributed by atoms with Crippen LogP contribution in [0.1, 0.15) is 28.8 Å². The number of aromatic nitrogens is 3. The van der Waals surface area contributed by atoms with Gasteiger partial charge >= 0.3 is 0 Å². The number of nitrogens with zero attached hydrogens (tertiary/aromatic N) is 3. The second-order valence-corrected chi connectivity index (χ2v) is 8.88. The number of benzene rings is 3. The van der Waals surface area contributed by atoms with Gasteiger partial charge in [-0.05, 0) is 42.0 Å². The van der Waals surface area contributed by atoms with E-state index >= 15 is 0 Å². The maximum Gasteiger partial charge on any atom is 0.226 e. The van der Waals surface area contributed by atoms with Crippen LogP contribution in [0.15, 0.2) is 78.6 Å². The molecule has 0 amide bonds. The number of ether oxygens (including phenoxy) is 1. The summed E-state index contributed by atoms with van der Waals surface area (Å²) in [7, 11) is 0. The normalized spacial score (nSPS) is 18.8. The van der Waals surface area contributed by atoms with Gasteiger partial charge in [0.05, 0.1) is 5.70 Å². The van der Waals surface area contributed by atoms with Gasteiger partial charge in [0.2, 0.25) is 5.95 Å². The molecule has 0 fully saturated rings. The molecule has 3 aromatic carbocycles. The highest BCUT2D eigenvalue weighted by Gasteiger charge is 2.41. The van der Waals surface area contributed by atoms with Gasteiger partial charge in [-0.15, -0.1) is 0 Å². The zero-order valence-electron chi connectivity index (χ0n) is 16.5. The Morgan fingerprint density at radius 2 is 1.69 bits per heavy atom. The smallest absolute Gasteiger partial charge is 0.226 e. The molecule has 1 N–H and O–H groups in total. The number of rotatable bonds is 2. The predicted molar refractivity (Wildman–Crippen MR) is 126 cm³/mol. The van der Waals surface area contributed by atoms with E-state index in [9.17, 15) is 0 Å². The highest BCUT2D eigenvalue weighted by Crippen LogP contribution is 2.51. The highest BCUT2D eigenvalue weighted by atomic mass is 35.5. The summed E-state index contributed by atoms with van der Waals surface area (Å²) in [6.45, 7) is 0. The molecular weight excluding hydrogens is 467 g/mol. The lowest BCUT2D eigenvalue weighted by Crippen LogP contribution is -2.32. The van der Waals surface area contributed by atoms with Crippen molar-refractivity contribution in [1.29, 1.82) is 0 Å². The molecule has 2 aliphatic rings. The van der Waals surface area contributed by atoms with E-state index in [0.29, 0.717) is 21.0 Å². The maximum absolute atomic E-state index is 6.66. The number of hydrogen-bond donors (Lipinski definition) is 1. The van der Waals surface area contributed by atoms with Crippen molar-refractivity contribution < 1.29 is 4.74 Å². The van der Waals surface area contributed by atoms with Crippen LogP contribution in [0.2, 0.25) is 15.1 Å². The quantitative estimate of drug-likeness (QED) is 0.342. The van der Waals surface area contributed by atoms with Gasteiger partial charge < -0.3 is 10.1 Å². The Balaban J connectivity index is 1.64. The van der Waals surface area contributed by atoms with E-state index in [-0.39, 0.29) is 6.04 Å². The zero-order valence-corrected chi connectivity index (χ0v) is 18.7. The Hall–Kier alpha value is -2.99. The summed E-state index contributed by atoms with van der Waals surface area (Å²) in [5.74, 6) is 1.42. The molecule has 0 saturated heterocycles. The van der Waals surface area contributed by atoms with Gasteiger partial charge in [0.1, 0.15) is 18.1 Å². The van der Waals surface area contributed by atoms with Gasteiger partial charge in [-0.25, -0.2) is 4.68 Å². The minimum absolute atomic E-state index is 0.272. The van der Waals surface area contributed by atoms with Gasteiger partial charge in [0.25, 0.3) is 0 Å². The van der Waals surface area contributed by atoms with Crippen LogP contribution >= 0.6 is 34.8 Å². The summed E-state index contributed by atoms with van der Waals surface area (Å²) < 4.78 is 8.42.